The van der Waals surface area contributed by atoms with Gasteiger partial charge in [-0.15, -0.1) is 6.42 Å². The van der Waals surface area contributed by atoms with Gasteiger partial charge in [-0.05, 0) is 61.7 Å². The van der Waals surface area contributed by atoms with Gasteiger partial charge in [-0.2, -0.15) is 0 Å². The Kier molecular flexibility index (Phi) is 8.24. The second-order valence-corrected chi connectivity index (χ2v) is 8.47. The molecule has 0 fully saturated rings. The van der Waals surface area contributed by atoms with E-state index in [2.05, 4.69) is 21.2 Å². The van der Waals surface area contributed by atoms with Crippen LogP contribution in [0.2, 0.25) is 0 Å². The predicted molar refractivity (Wildman–Crippen MR) is 134 cm³/mol. The molecule has 3 aromatic rings. The molecule has 0 aliphatic carbocycles. The fourth-order valence-corrected chi connectivity index (χ4v) is 3.82. The molecule has 37 heavy (non-hydrogen) atoms. The molecular formula is C26H25FN4O6. The molecule has 0 unspecified atom stereocenters. The lowest BCUT2D eigenvalue weighted by Crippen LogP contribution is -2.41. The van der Waals surface area contributed by atoms with Crippen molar-refractivity contribution in [3.05, 3.63) is 69.0 Å². The number of anilines is 1. The van der Waals surface area contributed by atoms with E-state index in [1.165, 1.54) is 12.1 Å². The highest BCUT2D eigenvalue weighted by Gasteiger charge is 2.23. The van der Waals surface area contributed by atoms with E-state index in [4.69, 9.17) is 11.5 Å². The Morgan fingerprint density at radius 2 is 1.95 bits per heavy atom. The molecule has 1 atom stereocenters. The SMILES string of the molecule is C#CCN(Cc1cc2c(=O)[nH]c(C)nc2cc1C)c1ccc(C(=O)N[C@H](CCC(=O)O)C(=O)O)c(F)c1. The van der Waals surface area contributed by atoms with Gasteiger partial charge in [-0.1, -0.05) is 5.92 Å². The van der Waals surface area contributed by atoms with Crippen molar-refractivity contribution in [2.75, 3.05) is 11.4 Å². The van der Waals surface area contributed by atoms with E-state index in [9.17, 15) is 28.7 Å². The average Bonchev–Trinajstić information content (AvgIpc) is 2.81. The molecule has 0 aliphatic rings. The number of aryl methyl sites for hydroxylation is 2. The van der Waals surface area contributed by atoms with Gasteiger partial charge in [-0.25, -0.2) is 14.2 Å². The number of fused-ring (bicyclic) bond motifs is 1. The number of carboxylic acids is 2. The molecule has 0 saturated heterocycles. The Bertz CT molecular complexity index is 1480. The number of aromatic amines is 1. The van der Waals surface area contributed by atoms with Gasteiger partial charge in [0.1, 0.15) is 17.7 Å². The van der Waals surface area contributed by atoms with Crippen LogP contribution in [0.5, 0.6) is 0 Å². The lowest BCUT2D eigenvalue weighted by Gasteiger charge is -2.24. The number of rotatable bonds is 10. The van der Waals surface area contributed by atoms with Crippen LogP contribution in [-0.4, -0.2) is 50.6 Å². The van der Waals surface area contributed by atoms with E-state index in [-0.39, 0.29) is 25.1 Å². The lowest BCUT2D eigenvalue weighted by molar-refractivity contribution is -0.140. The summed E-state index contributed by atoms with van der Waals surface area (Å²) in [6.07, 6.45) is 4.70. The number of amides is 1. The monoisotopic (exact) mass is 508 g/mol. The second-order valence-electron chi connectivity index (χ2n) is 8.47. The molecule has 4 N–H and O–H groups in total. The van der Waals surface area contributed by atoms with Crippen LogP contribution in [0.1, 0.15) is 40.2 Å². The summed E-state index contributed by atoms with van der Waals surface area (Å²) in [6, 6.07) is 5.78. The highest BCUT2D eigenvalue weighted by Crippen LogP contribution is 2.24. The van der Waals surface area contributed by atoms with E-state index < -0.39 is 41.7 Å². The van der Waals surface area contributed by atoms with Crippen LogP contribution in [0.4, 0.5) is 10.1 Å². The maximum absolute atomic E-state index is 14.9. The van der Waals surface area contributed by atoms with Crippen LogP contribution in [0.25, 0.3) is 10.9 Å². The Morgan fingerprint density at radius 1 is 1.22 bits per heavy atom. The number of terminal acetylenes is 1. The number of nitrogens with one attached hydrogen (secondary N) is 2. The predicted octanol–water partition coefficient (Wildman–Crippen LogP) is 2.37. The minimum atomic E-state index is -1.49. The molecule has 3 rings (SSSR count). The summed E-state index contributed by atoms with van der Waals surface area (Å²) in [5, 5.41) is 20.5. The number of benzene rings is 2. The largest absolute Gasteiger partial charge is 0.481 e. The molecule has 11 heteroatoms. The van der Waals surface area contributed by atoms with E-state index in [1.807, 2.05) is 6.92 Å². The van der Waals surface area contributed by atoms with Crippen LogP contribution in [-0.2, 0) is 16.1 Å². The van der Waals surface area contributed by atoms with Gasteiger partial charge in [0.05, 0.1) is 23.0 Å². The van der Waals surface area contributed by atoms with E-state index in [0.717, 1.165) is 17.2 Å². The third-order valence-electron chi connectivity index (χ3n) is 5.74. The molecule has 0 bridgehead atoms. The first-order chi connectivity index (χ1) is 17.5. The molecule has 0 aliphatic heterocycles. The van der Waals surface area contributed by atoms with Crippen LogP contribution in [0, 0.1) is 32.0 Å². The molecule has 0 saturated carbocycles. The number of aromatic nitrogens is 2. The zero-order valence-electron chi connectivity index (χ0n) is 20.2. The summed E-state index contributed by atoms with van der Waals surface area (Å²) < 4.78 is 14.9. The molecule has 0 radical (unpaired) electrons. The standard InChI is InChI=1S/C26H25FN4O6/c1-4-9-31(13-16-11-19-22(10-14(16)2)28-15(3)29-25(19)35)17-5-6-18(20(27)12-17)24(34)30-21(26(36)37)7-8-23(32)33/h1,5-6,10-12,21H,7-9,13H2,2-3H3,(H,30,34)(H,32,33)(H,36,37)(H,28,29,35)/t21-/m1/s1. The third kappa shape index (κ3) is 6.49. The maximum atomic E-state index is 14.9. The zero-order valence-corrected chi connectivity index (χ0v) is 20.2. The van der Waals surface area contributed by atoms with Gasteiger partial charge in [0.15, 0.2) is 0 Å². The first-order valence-corrected chi connectivity index (χ1v) is 11.2. The molecule has 1 aromatic heterocycles. The minimum Gasteiger partial charge on any atom is -0.481 e. The second kappa shape index (κ2) is 11.3. The van der Waals surface area contributed by atoms with Crippen molar-refractivity contribution in [1.29, 1.82) is 0 Å². The van der Waals surface area contributed by atoms with Crippen molar-refractivity contribution >= 4 is 34.4 Å². The number of carbonyl (C=O) groups excluding carboxylic acids is 1. The molecule has 10 nitrogen and oxygen atoms in total. The smallest absolute Gasteiger partial charge is 0.326 e. The van der Waals surface area contributed by atoms with Crippen molar-refractivity contribution in [2.45, 2.75) is 39.3 Å². The Labute approximate surface area is 211 Å². The lowest BCUT2D eigenvalue weighted by atomic mass is 10.0. The summed E-state index contributed by atoms with van der Waals surface area (Å²) in [6.45, 7) is 3.88. The van der Waals surface area contributed by atoms with Crippen molar-refractivity contribution in [2.24, 2.45) is 0 Å². The van der Waals surface area contributed by atoms with Gasteiger partial charge in [-0.3, -0.25) is 14.4 Å². The highest BCUT2D eigenvalue weighted by atomic mass is 19.1. The summed E-state index contributed by atoms with van der Waals surface area (Å²) in [7, 11) is 0. The van der Waals surface area contributed by atoms with E-state index in [0.29, 0.717) is 22.4 Å². The maximum Gasteiger partial charge on any atom is 0.326 e. The van der Waals surface area contributed by atoms with E-state index in [1.54, 1.807) is 24.0 Å². The number of H-pyrrole nitrogens is 1. The van der Waals surface area contributed by atoms with Crippen molar-refractivity contribution < 1.29 is 29.0 Å². The Hall–Kier alpha value is -4.72. The first kappa shape index (κ1) is 26.9. The molecule has 1 amide bonds. The summed E-state index contributed by atoms with van der Waals surface area (Å²) in [4.78, 5) is 55.7. The number of carbonyl (C=O) groups is 3. The minimum absolute atomic E-state index is 0.0985. The Morgan fingerprint density at radius 3 is 2.57 bits per heavy atom. The third-order valence-corrected chi connectivity index (χ3v) is 5.74. The number of hydrogen-bond acceptors (Lipinski definition) is 6. The van der Waals surface area contributed by atoms with Gasteiger partial charge in [0, 0.05) is 18.7 Å². The normalized spacial score (nSPS) is 11.5. The number of hydrogen-bond donors (Lipinski definition) is 4. The van der Waals surface area contributed by atoms with E-state index >= 15 is 0 Å². The van der Waals surface area contributed by atoms with Crippen molar-refractivity contribution in [3.8, 4) is 12.3 Å². The van der Waals surface area contributed by atoms with Crippen molar-refractivity contribution in [3.63, 3.8) is 0 Å². The zero-order chi connectivity index (χ0) is 27.3. The summed E-state index contributed by atoms with van der Waals surface area (Å²) >= 11 is 0. The van der Waals surface area contributed by atoms with Crippen LogP contribution < -0.4 is 15.8 Å². The molecule has 192 valence electrons. The number of halogens is 1. The number of nitrogens with zero attached hydrogens (tertiary/aromatic N) is 2. The van der Waals surface area contributed by atoms with Gasteiger partial charge < -0.3 is 25.4 Å². The molecule has 1 heterocycles. The van der Waals surface area contributed by atoms with Gasteiger partial charge >= 0.3 is 11.9 Å². The van der Waals surface area contributed by atoms with Crippen LogP contribution in [0.15, 0.2) is 35.1 Å². The summed E-state index contributed by atoms with van der Waals surface area (Å²) in [5.41, 5.74) is 1.85. The Balaban J connectivity index is 1.86. The van der Waals surface area contributed by atoms with Crippen LogP contribution >= 0.6 is 0 Å². The highest BCUT2D eigenvalue weighted by molar-refractivity contribution is 5.97. The first-order valence-electron chi connectivity index (χ1n) is 11.2. The van der Waals surface area contributed by atoms with Gasteiger partial charge in [0.2, 0.25) is 0 Å². The summed E-state index contributed by atoms with van der Waals surface area (Å²) in [5.74, 6) is -1.54. The number of carboxylic acid groups (broad SMARTS) is 2. The fourth-order valence-electron chi connectivity index (χ4n) is 3.82. The van der Waals surface area contributed by atoms with Gasteiger partial charge in [0.25, 0.3) is 11.5 Å². The average molecular weight is 509 g/mol. The number of aliphatic carboxylic acids is 2. The molecule has 2 aromatic carbocycles. The fraction of sp³-hybridized carbons (Fsp3) is 0.269. The molecule has 0 spiro atoms. The van der Waals surface area contributed by atoms with Crippen molar-refractivity contribution in [1.82, 2.24) is 15.3 Å². The topological polar surface area (TPSA) is 153 Å². The quantitative estimate of drug-likeness (QED) is 0.305. The molecular weight excluding hydrogens is 483 g/mol. The van der Waals surface area contributed by atoms with Crippen LogP contribution in [0.3, 0.4) is 0 Å².